The lowest BCUT2D eigenvalue weighted by Gasteiger charge is -2.23. The average Bonchev–Trinajstić information content (AvgIpc) is 2.90. The normalized spacial score (nSPS) is 31.0. The Hall–Kier alpha value is -0.170. The fourth-order valence-electron chi connectivity index (χ4n) is 2.47. The van der Waals surface area contributed by atoms with E-state index in [1.165, 1.54) is 0 Å². The van der Waals surface area contributed by atoms with E-state index in [9.17, 15) is 8.42 Å². The van der Waals surface area contributed by atoms with Crippen LogP contribution in [0.5, 0.6) is 0 Å². The topological polar surface area (TPSA) is 66.6 Å². The number of nitrogens with two attached hydrogens (primary N) is 1. The van der Waals surface area contributed by atoms with Crippen molar-refractivity contribution in [3.63, 3.8) is 0 Å². The third-order valence-corrected chi connectivity index (χ3v) is 5.65. The lowest BCUT2D eigenvalue weighted by atomic mass is 10.0. The lowest BCUT2D eigenvalue weighted by molar-refractivity contribution is 0.381. The van der Waals surface area contributed by atoms with Crippen LogP contribution < -0.4 is 5.73 Å². The number of hydrogen-bond donors (Lipinski definition) is 1. The van der Waals surface area contributed by atoms with Crippen LogP contribution in [-0.2, 0) is 10.2 Å². The molecule has 0 bridgehead atoms. The third kappa shape index (κ3) is 2.25. The monoisotopic (exact) mass is 247 g/mol. The minimum Gasteiger partial charge on any atom is -0.328 e. The molecule has 0 spiro atoms. The molecule has 2 unspecified atom stereocenters. The van der Waals surface area contributed by atoms with Crippen LogP contribution in [0.3, 0.4) is 0 Å². The molecular formula is C10H21N3O2S. The summed E-state index contributed by atoms with van der Waals surface area (Å²) >= 11 is 0. The Labute approximate surface area is 97.8 Å². The summed E-state index contributed by atoms with van der Waals surface area (Å²) in [5.41, 5.74) is 5.82. The van der Waals surface area contributed by atoms with Crippen molar-refractivity contribution in [1.29, 1.82) is 0 Å². The molecule has 0 aromatic carbocycles. The zero-order chi connectivity index (χ0) is 11.8. The maximum atomic E-state index is 12.2. The minimum absolute atomic E-state index is 0.0822. The second-order valence-electron chi connectivity index (χ2n) is 4.88. The molecule has 94 valence electrons. The van der Waals surface area contributed by atoms with E-state index in [1.807, 2.05) is 6.92 Å². The molecule has 6 heteroatoms. The molecule has 16 heavy (non-hydrogen) atoms. The Morgan fingerprint density at radius 2 is 1.81 bits per heavy atom. The molecule has 0 saturated carbocycles. The molecule has 2 heterocycles. The Bertz CT molecular complexity index is 336. The van der Waals surface area contributed by atoms with Gasteiger partial charge in [-0.3, -0.25) is 0 Å². The van der Waals surface area contributed by atoms with Crippen molar-refractivity contribution in [1.82, 2.24) is 8.61 Å². The van der Waals surface area contributed by atoms with Gasteiger partial charge in [-0.25, -0.2) is 0 Å². The van der Waals surface area contributed by atoms with Gasteiger partial charge in [0.05, 0.1) is 0 Å². The van der Waals surface area contributed by atoms with Crippen molar-refractivity contribution in [2.24, 2.45) is 11.7 Å². The van der Waals surface area contributed by atoms with Crippen LogP contribution in [0.15, 0.2) is 0 Å². The molecule has 0 aliphatic carbocycles. The first-order valence-electron chi connectivity index (χ1n) is 6.02. The lowest BCUT2D eigenvalue weighted by Crippen LogP contribution is -2.42. The highest BCUT2D eigenvalue weighted by Crippen LogP contribution is 2.25. The fourth-order valence-corrected chi connectivity index (χ4v) is 4.24. The molecule has 2 N–H and O–H groups in total. The maximum absolute atomic E-state index is 12.2. The zero-order valence-corrected chi connectivity index (χ0v) is 10.6. The predicted octanol–water partition coefficient (Wildman–Crippen LogP) is -0.00390. The van der Waals surface area contributed by atoms with Crippen molar-refractivity contribution < 1.29 is 8.42 Å². The van der Waals surface area contributed by atoms with Gasteiger partial charge in [-0.1, -0.05) is 0 Å². The average molecular weight is 247 g/mol. The van der Waals surface area contributed by atoms with Gasteiger partial charge in [0.15, 0.2) is 0 Å². The molecule has 2 saturated heterocycles. The van der Waals surface area contributed by atoms with Gasteiger partial charge in [0.25, 0.3) is 10.2 Å². The van der Waals surface area contributed by atoms with E-state index in [4.69, 9.17) is 5.73 Å². The van der Waals surface area contributed by atoms with Gasteiger partial charge in [-0.15, -0.1) is 0 Å². The third-order valence-electron chi connectivity index (χ3n) is 3.65. The van der Waals surface area contributed by atoms with Crippen molar-refractivity contribution in [3.8, 4) is 0 Å². The standard InChI is InChI=1S/C10H21N3O2S/c1-9(11)10-4-7-13(8-10)16(14,15)12-5-2-3-6-12/h9-10H,2-8,11H2,1H3. The van der Waals surface area contributed by atoms with Crippen LogP contribution in [0.25, 0.3) is 0 Å². The van der Waals surface area contributed by atoms with Gasteiger partial charge < -0.3 is 5.73 Å². The van der Waals surface area contributed by atoms with Crippen molar-refractivity contribution in [3.05, 3.63) is 0 Å². The summed E-state index contributed by atoms with van der Waals surface area (Å²) in [6.07, 6.45) is 2.87. The largest absolute Gasteiger partial charge is 0.328 e. The van der Waals surface area contributed by atoms with E-state index < -0.39 is 10.2 Å². The summed E-state index contributed by atoms with van der Waals surface area (Å²) in [7, 11) is -3.19. The SMILES string of the molecule is CC(N)C1CCN(S(=O)(=O)N2CCCC2)C1. The highest BCUT2D eigenvalue weighted by Gasteiger charge is 2.37. The number of nitrogens with zero attached hydrogens (tertiary/aromatic N) is 2. The first-order valence-corrected chi connectivity index (χ1v) is 7.42. The second kappa shape index (κ2) is 4.60. The number of rotatable bonds is 3. The van der Waals surface area contributed by atoms with Crippen LogP contribution in [-0.4, -0.2) is 49.2 Å². The van der Waals surface area contributed by atoms with Gasteiger partial charge in [0, 0.05) is 32.2 Å². The molecule has 0 aromatic rings. The summed E-state index contributed by atoms with van der Waals surface area (Å²) in [6, 6.07) is 0.0822. The van der Waals surface area contributed by atoms with Crippen LogP contribution in [0.4, 0.5) is 0 Å². The van der Waals surface area contributed by atoms with Crippen molar-refractivity contribution in [2.45, 2.75) is 32.2 Å². The molecule has 2 aliphatic rings. The summed E-state index contributed by atoms with van der Waals surface area (Å²) < 4.78 is 27.6. The summed E-state index contributed by atoms with van der Waals surface area (Å²) in [5.74, 6) is 0.317. The molecule has 0 radical (unpaired) electrons. The molecule has 2 rings (SSSR count). The van der Waals surface area contributed by atoms with Crippen LogP contribution in [0, 0.1) is 5.92 Å². The molecule has 0 aromatic heterocycles. The molecule has 2 atom stereocenters. The van der Waals surface area contributed by atoms with Gasteiger partial charge in [-0.2, -0.15) is 17.0 Å². The molecule has 2 aliphatic heterocycles. The summed E-state index contributed by atoms with van der Waals surface area (Å²) in [4.78, 5) is 0. The predicted molar refractivity (Wildman–Crippen MR) is 63.1 cm³/mol. The Balaban J connectivity index is 2.02. The number of hydrogen-bond acceptors (Lipinski definition) is 3. The summed E-state index contributed by atoms with van der Waals surface area (Å²) in [6.45, 7) is 4.54. The zero-order valence-electron chi connectivity index (χ0n) is 9.80. The van der Waals surface area contributed by atoms with Gasteiger partial charge in [0.2, 0.25) is 0 Å². The van der Waals surface area contributed by atoms with E-state index in [1.54, 1.807) is 8.61 Å². The second-order valence-corrected chi connectivity index (χ2v) is 6.81. The van der Waals surface area contributed by atoms with E-state index in [0.29, 0.717) is 32.1 Å². The first-order chi connectivity index (χ1) is 7.51. The fraction of sp³-hybridized carbons (Fsp3) is 1.00. The quantitative estimate of drug-likeness (QED) is 0.763. The van der Waals surface area contributed by atoms with E-state index in [0.717, 1.165) is 19.3 Å². The Morgan fingerprint density at radius 1 is 1.19 bits per heavy atom. The van der Waals surface area contributed by atoms with Crippen LogP contribution in [0.1, 0.15) is 26.2 Å². The molecule has 5 nitrogen and oxygen atoms in total. The van der Waals surface area contributed by atoms with E-state index in [-0.39, 0.29) is 6.04 Å². The molecule has 2 fully saturated rings. The van der Waals surface area contributed by atoms with Gasteiger partial charge >= 0.3 is 0 Å². The Morgan fingerprint density at radius 3 is 2.31 bits per heavy atom. The van der Waals surface area contributed by atoms with Crippen molar-refractivity contribution in [2.75, 3.05) is 26.2 Å². The van der Waals surface area contributed by atoms with E-state index >= 15 is 0 Å². The minimum atomic E-state index is -3.19. The maximum Gasteiger partial charge on any atom is 0.281 e. The smallest absolute Gasteiger partial charge is 0.281 e. The van der Waals surface area contributed by atoms with E-state index in [2.05, 4.69) is 0 Å². The highest BCUT2D eigenvalue weighted by atomic mass is 32.2. The Kier molecular flexibility index (Phi) is 3.53. The first kappa shape index (κ1) is 12.3. The van der Waals surface area contributed by atoms with Crippen LogP contribution in [0.2, 0.25) is 0 Å². The molecule has 0 amide bonds. The van der Waals surface area contributed by atoms with Gasteiger partial charge in [-0.05, 0) is 32.1 Å². The molecular weight excluding hydrogens is 226 g/mol. The highest BCUT2D eigenvalue weighted by molar-refractivity contribution is 7.86. The van der Waals surface area contributed by atoms with Crippen LogP contribution >= 0.6 is 0 Å². The van der Waals surface area contributed by atoms with Gasteiger partial charge in [0.1, 0.15) is 0 Å². The summed E-state index contributed by atoms with van der Waals surface area (Å²) in [5, 5.41) is 0. The van der Waals surface area contributed by atoms with Crippen molar-refractivity contribution >= 4 is 10.2 Å².